The molecule has 0 radical (unpaired) electrons. The zero-order valence-corrected chi connectivity index (χ0v) is 15.3. The van der Waals surface area contributed by atoms with Crippen LogP contribution in [0.5, 0.6) is 0 Å². The number of nitrogens with one attached hydrogen (secondary N) is 4. The van der Waals surface area contributed by atoms with Crippen molar-refractivity contribution in [3.63, 3.8) is 0 Å². The van der Waals surface area contributed by atoms with E-state index in [2.05, 4.69) is 30.9 Å². The van der Waals surface area contributed by atoms with Crippen molar-refractivity contribution in [2.24, 2.45) is 0 Å². The SMILES string of the molecule is CC1=C(C(=O)NCCSc2ccccn2)[C@H](c2nc[nH]c2C)NC(=O)N1. The number of aromatic amines is 1. The number of rotatable bonds is 6. The Bertz CT molecular complexity index is 833. The quantitative estimate of drug-likeness (QED) is 0.455. The second kappa shape index (κ2) is 8.05. The summed E-state index contributed by atoms with van der Waals surface area (Å²) in [5, 5.41) is 9.24. The molecule has 3 amide bonds. The van der Waals surface area contributed by atoms with E-state index in [9.17, 15) is 9.59 Å². The van der Waals surface area contributed by atoms with Gasteiger partial charge >= 0.3 is 6.03 Å². The molecule has 0 unspecified atom stereocenters. The third kappa shape index (κ3) is 4.05. The number of carbonyl (C=O) groups excluding carboxylic acids is 2. The maximum atomic E-state index is 12.7. The van der Waals surface area contributed by atoms with Gasteiger partial charge in [0.25, 0.3) is 5.91 Å². The molecule has 0 spiro atoms. The van der Waals surface area contributed by atoms with Gasteiger partial charge in [0.1, 0.15) is 6.04 Å². The highest BCUT2D eigenvalue weighted by atomic mass is 32.2. The number of aryl methyl sites for hydroxylation is 1. The van der Waals surface area contributed by atoms with Crippen LogP contribution in [0.25, 0.3) is 0 Å². The maximum Gasteiger partial charge on any atom is 0.319 e. The van der Waals surface area contributed by atoms with E-state index in [4.69, 9.17) is 0 Å². The van der Waals surface area contributed by atoms with Crippen LogP contribution in [-0.2, 0) is 4.79 Å². The number of thioether (sulfide) groups is 1. The highest BCUT2D eigenvalue weighted by molar-refractivity contribution is 7.99. The van der Waals surface area contributed by atoms with Crippen molar-refractivity contribution in [3.8, 4) is 0 Å². The molecule has 2 aromatic rings. The number of carbonyl (C=O) groups is 2. The highest BCUT2D eigenvalue weighted by Gasteiger charge is 2.33. The lowest BCUT2D eigenvalue weighted by Crippen LogP contribution is -2.47. The Morgan fingerprint density at radius 1 is 1.31 bits per heavy atom. The summed E-state index contributed by atoms with van der Waals surface area (Å²) >= 11 is 1.57. The van der Waals surface area contributed by atoms with Gasteiger partial charge in [0.2, 0.25) is 0 Å². The van der Waals surface area contributed by atoms with Crippen LogP contribution in [-0.4, -0.2) is 39.2 Å². The van der Waals surface area contributed by atoms with E-state index in [0.29, 0.717) is 29.3 Å². The van der Waals surface area contributed by atoms with Crippen LogP contribution < -0.4 is 16.0 Å². The molecule has 1 aliphatic heterocycles. The van der Waals surface area contributed by atoms with E-state index in [1.807, 2.05) is 25.1 Å². The molecule has 26 heavy (non-hydrogen) atoms. The number of imidazole rings is 1. The highest BCUT2D eigenvalue weighted by Crippen LogP contribution is 2.27. The van der Waals surface area contributed by atoms with Crippen LogP contribution in [0.3, 0.4) is 0 Å². The van der Waals surface area contributed by atoms with E-state index >= 15 is 0 Å². The number of pyridine rings is 1. The van der Waals surface area contributed by atoms with Crippen LogP contribution in [0.1, 0.15) is 24.4 Å². The minimum Gasteiger partial charge on any atom is -0.351 e. The van der Waals surface area contributed by atoms with Crippen LogP contribution in [0, 0.1) is 6.92 Å². The molecule has 0 aliphatic carbocycles. The molecular weight excluding hydrogens is 352 g/mol. The first-order valence-corrected chi connectivity index (χ1v) is 9.15. The number of hydrogen-bond donors (Lipinski definition) is 4. The fourth-order valence-corrected chi connectivity index (χ4v) is 3.43. The molecule has 0 saturated carbocycles. The van der Waals surface area contributed by atoms with Crippen molar-refractivity contribution in [2.75, 3.05) is 12.3 Å². The third-order valence-corrected chi connectivity index (χ3v) is 4.88. The fraction of sp³-hybridized carbons (Fsp3) is 0.294. The van der Waals surface area contributed by atoms with Crippen LogP contribution in [0.15, 0.2) is 47.0 Å². The third-order valence-electron chi connectivity index (χ3n) is 3.93. The van der Waals surface area contributed by atoms with Crippen molar-refractivity contribution >= 4 is 23.7 Å². The standard InChI is InChI=1S/C17H20N6O2S/c1-10-13(15(23-17(25)22-10)14-11(2)20-9-21-14)16(24)19-7-8-26-12-5-3-4-6-18-12/h3-6,9,15H,7-8H2,1-2H3,(H,19,24)(H,20,21)(H2,22,23,25)/t15-/m1/s1. The zero-order valence-electron chi connectivity index (χ0n) is 14.5. The van der Waals surface area contributed by atoms with Crippen molar-refractivity contribution < 1.29 is 9.59 Å². The Balaban J connectivity index is 1.66. The van der Waals surface area contributed by atoms with E-state index in [1.165, 1.54) is 0 Å². The van der Waals surface area contributed by atoms with Crippen molar-refractivity contribution in [2.45, 2.75) is 24.9 Å². The fourth-order valence-electron chi connectivity index (χ4n) is 2.71. The summed E-state index contributed by atoms with van der Waals surface area (Å²) in [6.45, 7) is 4.05. The van der Waals surface area contributed by atoms with Crippen LogP contribution in [0.4, 0.5) is 4.79 Å². The van der Waals surface area contributed by atoms with Gasteiger partial charge in [-0.3, -0.25) is 4.79 Å². The number of aromatic nitrogens is 3. The van der Waals surface area contributed by atoms with Gasteiger partial charge in [-0.25, -0.2) is 14.8 Å². The largest absolute Gasteiger partial charge is 0.351 e. The smallest absolute Gasteiger partial charge is 0.319 e. The van der Waals surface area contributed by atoms with Gasteiger partial charge in [0.05, 0.1) is 22.6 Å². The number of amides is 3. The van der Waals surface area contributed by atoms with Gasteiger partial charge in [0, 0.05) is 29.9 Å². The molecule has 2 aromatic heterocycles. The Hall–Kier alpha value is -2.81. The van der Waals surface area contributed by atoms with Gasteiger partial charge in [0.15, 0.2) is 0 Å². The Kier molecular flexibility index (Phi) is 5.57. The Morgan fingerprint density at radius 3 is 2.85 bits per heavy atom. The lowest BCUT2D eigenvalue weighted by molar-refractivity contribution is -0.117. The molecule has 0 bridgehead atoms. The summed E-state index contributed by atoms with van der Waals surface area (Å²) in [4.78, 5) is 36.0. The lowest BCUT2D eigenvalue weighted by Gasteiger charge is -2.27. The molecule has 136 valence electrons. The molecule has 4 N–H and O–H groups in total. The molecular formula is C17H20N6O2S. The molecule has 8 nitrogen and oxygen atoms in total. The van der Waals surface area contributed by atoms with Crippen LogP contribution in [0.2, 0.25) is 0 Å². The predicted molar refractivity (Wildman–Crippen MR) is 98.4 cm³/mol. The average Bonchev–Trinajstić information content (AvgIpc) is 3.04. The molecule has 0 saturated heterocycles. The molecule has 9 heteroatoms. The topological polar surface area (TPSA) is 112 Å². The Morgan fingerprint density at radius 2 is 2.15 bits per heavy atom. The second-order valence-corrected chi connectivity index (χ2v) is 6.87. The van der Waals surface area contributed by atoms with Gasteiger partial charge in [-0.05, 0) is 26.0 Å². The number of nitrogens with zero attached hydrogens (tertiary/aromatic N) is 2. The van der Waals surface area contributed by atoms with Crippen molar-refractivity contribution in [3.05, 3.63) is 53.4 Å². The maximum absolute atomic E-state index is 12.7. The summed E-state index contributed by atoms with van der Waals surface area (Å²) < 4.78 is 0. The van der Waals surface area contributed by atoms with Gasteiger partial charge in [-0.2, -0.15) is 0 Å². The molecule has 1 atom stereocenters. The summed E-state index contributed by atoms with van der Waals surface area (Å²) in [7, 11) is 0. The molecule has 0 fully saturated rings. The number of allylic oxidation sites excluding steroid dienone is 1. The van der Waals surface area contributed by atoms with E-state index in [0.717, 1.165) is 10.7 Å². The van der Waals surface area contributed by atoms with Gasteiger partial charge in [-0.15, -0.1) is 11.8 Å². The normalized spacial score (nSPS) is 16.8. The molecule has 3 heterocycles. The lowest BCUT2D eigenvalue weighted by atomic mass is 9.98. The molecule has 0 aromatic carbocycles. The Labute approximate surface area is 155 Å². The minimum atomic E-state index is -0.585. The van der Waals surface area contributed by atoms with Gasteiger partial charge in [-0.1, -0.05) is 6.07 Å². The van der Waals surface area contributed by atoms with E-state index in [-0.39, 0.29) is 11.9 Å². The van der Waals surface area contributed by atoms with Crippen molar-refractivity contribution in [1.29, 1.82) is 0 Å². The first-order chi connectivity index (χ1) is 12.6. The van der Waals surface area contributed by atoms with Crippen LogP contribution >= 0.6 is 11.8 Å². The number of hydrogen-bond acceptors (Lipinski definition) is 5. The first kappa shape index (κ1) is 18.0. The van der Waals surface area contributed by atoms with E-state index in [1.54, 1.807) is 31.2 Å². The number of urea groups is 1. The van der Waals surface area contributed by atoms with Crippen molar-refractivity contribution in [1.82, 2.24) is 30.9 Å². The predicted octanol–water partition coefficient (Wildman–Crippen LogP) is 1.65. The molecule has 1 aliphatic rings. The first-order valence-electron chi connectivity index (χ1n) is 8.16. The average molecular weight is 372 g/mol. The molecule has 3 rings (SSSR count). The summed E-state index contributed by atoms with van der Waals surface area (Å²) in [5.74, 6) is 0.463. The minimum absolute atomic E-state index is 0.232. The second-order valence-electron chi connectivity index (χ2n) is 5.76. The monoisotopic (exact) mass is 372 g/mol. The van der Waals surface area contributed by atoms with Gasteiger partial charge < -0.3 is 20.9 Å². The number of H-pyrrole nitrogens is 1. The van der Waals surface area contributed by atoms with E-state index < -0.39 is 6.04 Å². The summed E-state index contributed by atoms with van der Waals surface area (Å²) in [6, 6.07) is 4.78. The zero-order chi connectivity index (χ0) is 18.5. The summed E-state index contributed by atoms with van der Waals surface area (Å²) in [5.41, 5.74) is 2.42. The summed E-state index contributed by atoms with van der Waals surface area (Å²) in [6.07, 6.45) is 3.29.